The van der Waals surface area contributed by atoms with Gasteiger partial charge in [-0.2, -0.15) is 11.8 Å². The average molecular weight is 553 g/mol. The Morgan fingerprint density at radius 2 is 0.811 bits per heavy atom. The van der Waals surface area contributed by atoms with Gasteiger partial charge in [0.05, 0.1) is 11.2 Å². The van der Waals surface area contributed by atoms with Crippen molar-refractivity contribution in [2.45, 2.75) is 108 Å². The number of nitrogens with zero attached hydrogens (tertiary/aromatic N) is 2. The Morgan fingerprint density at radius 3 is 0.811 bits per heavy atom. The van der Waals surface area contributed by atoms with Crippen molar-refractivity contribution < 1.29 is 9.47 Å². The molecule has 0 saturated carbocycles. The van der Waals surface area contributed by atoms with Crippen molar-refractivity contribution in [2.24, 2.45) is 10.4 Å². The quantitative estimate of drug-likeness (QED) is 0.221. The minimum Gasteiger partial charge on any atom is -0.388 e. The summed E-state index contributed by atoms with van der Waals surface area (Å²) in [6.07, 6.45) is 7.58. The van der Waals surface area contributed by atoms with Crippen LogP contribution >= 0.6 is 11.8 Å². The zero-order valence-electron chi connectivity index (χ0n) is 30.1. The SMILES string of the molecule is C=C(C)C.C=CC.C=CC.C=NC.CC(C)(C)C.CC(C)(C)OC(C)(C)C.CN(C)C.COC.CSC. The lowest BCUT2D eigenvalue weighted by Crippen LogP contribution is -2.31. The molecule has 0 aromatic rings. The van der Waals surface area contributed by atoms with E-state index in [0.29, 0.717) is 5.41 Å². The second kappa shape index (κ2) is 48.2. The van der Waals surface area contributed by atoms with Gasteiger partial charge >= 0.3 is 0 Å². The lowest BCUT2D eigenvalue weighted by atomic mass is 10.0. The van der Waals surface area contributed by atoms with Gasteiger partial charge in [0, 0.05) is 21.3 Å². The van der Waals surface area contributed by atoms with Crippen molar-refractivity contribution in [3.8, 4) is 0 Å². The highest BCUT2D eigenvalue weighted by Crippen LogP contribution is 2.18. The number of thioether (sulfide) groups is 1. The summed E-state index contributed by atoms with van der Waals surface area (Å²) in [5, 5.41) is 0. The fourth-order valence-electron chi connectivity index (χ4n) is 0.919. The van der Waals surface area contributed by atoms with Gasteiger partial charge < -0.3 is 19.4 Å². The average Bonchev–Trinajstić information content (AvgIpc) is 2.52. The van der Waals surface area contributed by atoms with E-state index >= 15 is 0 Å². The summed E-state index contributed by atoms with van der Waals surface area (Å²) in [5.74, 6) is 0. The van der Waals surface area contributed by atoms with Crippen LogP contribution in [0, 0.1) is 5.41 Å². The van der Waals surface area contributed by atoms with Crippen molar-refractivity contribution >= 4 is 18.5 Å². The van der Waals surface area contributed by atoms with Crippen LogP contribution in [0.4, 0.5) is 0 Å². The molecule has 37 heavy (non-hydrogen) atoms. The Hall–Kier alpha value is -0.880. The molecule has 4 nitrogen and oxygen atoms in total. The monoisotopic (exact) mass is 553 g/mol. The summed E-state index contributed by atoms with van der Waals surface area (Å²) in [6, 6.07) is 0. The first-order chi connectivity index (χ1) is 16.2. The number of ether oxygens (including phenoxy) is 2. The van der Waals surface area contributed by atoms with E-state index in [1.54, 1.807) is 45.2 Å². The van der Waals surface area contributed by atoms with Gasteiger partial charge in [0.2, 0.25) is 0 Å². The van der Waals surface area contributed by atoms with Gasteiger partial charge in [-0.05, 0) is 115 Å². The van der Waals surface area contributed by atoms with E-state index in [4.69, 9.17) is 4.74 Å². The van der Waals surface area contributed by atoms with Crippen LogP contribution in [0.1, 0.15) is 96.9 Å². The highest BCUT2D eigenvalue weighted by atomic mass is 32.2. The van der Waals surface area contributed by atoms with Crippen LogP contribution in [0.15, 0.2) is 42.5 Å². The predicted molar refractivity (Wildman–Crippen MR) is 185 cm³/mol. The van der Waals surface area contributed by atoms with Gasteiger partial charge in [0.1, 0.15) is 0 Å². The van der Waals surface area contributed by atoms with Crippen molar-refractivity contribution in [2.75, 3.05) is 54.9 Å². The summed E-state index contributed by atoms with van der Waals surface area (Å²) in [5.41, 5.74) is 1.64. The maximum absolute atomic E-state index is 5.62. The topological polar surface area (TPSA) is 34.1 Å². The molecule has 5 heteroatoms. The van der Waals surface area contributed by atoms with Crippen LogP contribution in [0.5, 0.6) is 0 Å². The summed E-state index contributed by atoms with van der Waals surface area (Å²) < 4.78 is 9.88. The minimum absolute atomic E-state index is 0.0156. The fourth-order valence-corrected chi connectivity index (χ4v) is 0.919. The molecule has 0 unspecified atom stereocenters. The van der Waals surface area contributed by atoms with E-state index in [9.17, 15) is 0 Å². The zero-order valence-corrected chi connectivity index (χ0v) is 30.9. The molecule has 0 radical (unpaired) electrons. The molecule has 0 aromatic heterocycles. The molecule has 0 spiro atoms. The largest absolute Gasteiger partial charge is 0.388 e. The van der Waals surface area contributed by atoms with Crippen LogP contribution in [-0.4, -0.2) is 77.7 Å². The summed E-state index contributed by atoms with van der Waals surface area (Å²) in [7, 11) is 10.9. The number of allylic oxidation sites excluding steroid dienone is 3. The first-order valence-corrected chi connectivity index (χ1v) is 14.1. The highest BCUT2D eigenvalue weighted by molar-refractivity contribution is 7.97. The predicted octanol–water partition coefficient (Wildman–Crippen LogP) is 10.4. The Balaban J connectivity index is -0.0000000355. The van der Waals surface area contributed by atoms with E-state index < -0.39 is 0 Å². The Bertz CT molecular complexity index is 359. The first kappa shape index (κ1) is 60.6. The smallest absolute Gasteiger partial charge is 0.0605 e. The van der Waals surface area contributed by atoms with E-state index in [0.717, 1.165) is 0 Å². The lowest BCUT2D eigenvalue weighted by molar-refractivity contribution is -0.102. The van der Waals surface area contributed by atoms with Gasteiger partial charge in [-0.3, -0.25) is 0 Å². The molecule has 0 aliphatic carbocycles. The minimum atomic E-state index is -0.0156. The van der Waals surface area contributed by atoms with Crippen LogP contribution in [0.3, 0.4) is 0 Å². The summed E-state index contributed by atoms with van der Waals surface area (Å²) in [4.78, 5) is 5.25. The number of rotatable bonds is 0. The van der Waals surface area contributed by atoms with E-state index in [-0.39, 0.29) is 11.2 Å². The Kier molecular flexibility index (Phi) is 78.9. The summed E-state index contributed by atoms with van der Waals surface area (Å²) >= 11 is 1.75. The van der Waals surface area contributed by atoms with E-state index in [1.807, 2.05) is 66.2 Å². The van der Waals surface area contributed by atoms with Crippen LogP contribution < -0.4 is 0 Å². The molecule has 0 aliphatic rings. The van der Waals surface area contributed by atoms with Gasteiger partial charge in [0.25, 0.3) is 0 Å². The van der Waals surface area contributed by atoms with Crippen molar-refractivity contribution in [3.63, 3.8) is 0 Å². The fraction of sp³-hybridized carbons (Fsp3) is 0.781. The Labute approximate surface area is 243 Å². The number of hydrogen-bond donors (Lipinski definition) is 0. The zero-order chi connectivity index (χ0) is 32.9. The Morgan fingerprint density at radius 1 is 0.757 bits per heavy atom. The third-order valence-electron chi connectivity index (χ3n) is 0.612. The molecule has 232 valence electrons. The molecule has 0 aromatic carbocycles. The maximum atomic E-state index is 5.62. The normalized spacial score (nSPS) is 8.73. The number of methoxy groups -OCH3 is 1. The van der Waals surface area contributed by atoms with Crippen LogP contribution in [0.2, 0.25) is 0 Å². The standard InChI is InChI=1S/C8H18O.C5H12.C4H8.C3H9N.2C3H6.C2H5N.C2H6O.C2H6S/c1-7(2,3)9-8(4,5)6;1-5(2,3)4;2*1-4(2)3;5*1-3-2/h1-6H3;1-4H3;1H2,2-3H3;1-3H3;2*3H,1H2,2H3;1H2,2H3;2*1-2H3. The molecule has 0 saturated heterocycles. The third kappa shape index (κ3) is 1470. The molecular formula is C32H76N2O2S. The molecule has 0 rings (SSSR count). The molecule has 0 amide bonds. The van der Waals surface area contributed by atoms with Gasteiger partial charge in [-0.15, -0.1) is 19.7 Å². The first-order valence-electron chi connectivity index (χ1n) is 12.5. The van der Waals surface area contributed by atoms with Gasteiger partial charge in [-0.25, -0.2) is 0 Å². The maximum Gasteiger partial charge on any atom is 0.0605 e. The van der Waals surface area contributed by atoms with Crippen LogP contribution in [0.25, 0.3) is 0 Å². The van der Waals surface area contributed by atoms with Crippen molar-refractivity contribution in [3.05, 3.63) is 37.5 Å². The highest BCUT2D eigenvalue weighted by Gasteiger charge is 2.19. The van der Waals surface area contributed by atoms with Crippen molar-refractivity contribution in [1.82, 2.24) is 4.90 Å². The van der Waals surface area contributed by atoms with Gasteiger partial charge in [0.15, 0.2) is 0 Å². The molecule has 0 fully saturated rings. The van der Waals surface area contributed by atoms with Crippen molar-refractivity contribution in [1.29, 1.82) is 0 Å². The molecule has 0 heterocycles. The van der Waals surface area contributed by atoms with E-state index in [1.165, 1.54) is 5.57 Å². The molecule has 0 aliphatic heterocycles. The van der Waals surface area contributed by atoms with Gasteiger partial charge in [-0.1, -0.05) is 45.4 Å². The second-order valence-electron chi connectivity index (χ2n) is 11.8. The molecule has 0 N–H and O–H groups in total. The van der Waals surface area contributed by atoms with E-state index in [2.05, 4.69) is 105 Å². The molecular weight excluding hydrogens is 476 g/mol. The molecule has 0 atom stereocenters. The van der Waals surface area contributed by atoms with Crippen LogP contribution in [-0.2, 0) is 9.47 Å². The second-order valence-corrected chi connectivity index (χ2v) is 12.6. The summed E-state index contributed by atoms with van der Waals surface area (Å²) in [6.45, 7) is 42.3. The lowest BCUT2D eigenvalue weighted by Gasteiger charge is -2.30. The number of hydrogen-bond acceptors (Lipinski definition) is 5. The number of aliphatic imine (C=N–C) groups is 1. The third-order valence-corrected chi connectivity index (χ3v) is 0.612. The molecule has 0 bridgehead atoms.